The summed E-state index contributed by atoms with van der Waals surface area (Å²) in [6.07, 6.45) is 10.0. The topological polar surface area (TPSA) is 92.7 Å². The molecule has 2 N–H and O–H groups in total. The number of nitrogens with one attached hydrogen (secondary N) is 1. The number of fused-ring (bicyclic) bond motifs is 1. The highest BCUT2D eigenvalue weighted by molar-refractivity contribution is 7.17. The van der Waals surface area contributed by atoms with Gasteiger partial charge in [-0.2, -0.15) is 0 Å². The van der Waals surface area contributed by atoms with Crippen molar-refractivity contribution in [2.45, 2.75) is 58.3 Å². The van der Waals surface area contributed by atoms with Crippen molar-refractivity contribution < 1.29 is 24.2 Å². The fraction of sp³-hybridized carbons (Fsp3) is 0.571. The van der Waals surface area contributed by atoms with Crippen molar-refractivity contribution in [1.29, 1.82) is 0 Å². The van der Waals surface area contributed by atoms with Gasteiger partial charge >= 0.3 is 11.9 Å². The Bertz CT molecular complexity index is 782. The monoisotopic (exact) mass is 405 g/mol. The number of hydrogen-bond acceptors (Lipinski definition) is 5. The lowest BCUT2D eigenvalue weighted by atomic mass is 9.82. The zero-order chi connectivity index (χ0) is 20.1. The molecule has 0 spiro atoms. The summed E-state index contributed by atoms with van der Waals surface area (Å²) in [7, 11) is 0. The van der Waals surface area contributed by atoms with Gasteiger partial charge < -0.3 is 15.2 Å². The van der Waals surface area contributed by atoms with Crippen molar-refractivity contribution in [3.05, 3.63) is 28.2 Å². The van der Waals surface area contributed by atoms with Crippen LogP contribution in [0.1, 0.15) is 66.2 Å². The second-order valence-electron chi connectivity index (χ2n) is 7.39. The first kappa shape index (κ1) is 20.6. The summed E-state index contributed by atoms with van der Waals surface area (Å²) in [6.45, 7) is 2.28. The minimum atomic E-state index is -0.964. The number of ether oxygens (including phenoxy) is 1. The van der Waals surface area contributed by atoms with Crippen LogP contribution in [0.15, 0.2) is 12.2 Å². The summed E-state index contributed by atoms with van der Waals surface area (Å²) >= 11 is 1.44. The average Bonchev–Trinajstić information content (AvgIpc) is 2.86. The molecule has 0 radical (unpaired) electrons. The number of carbonyl (C=O) groups excluding carboxylic acids is 2. The Labute approximate surface area is 169 Å². The molecule has 0 aliphatic heterocycles. The van der Waals surface area contributed by atoms with Gasteiger partial charge in [0.2, 0.25) is 5.91 Å². The Morgan fingerprint density at radius 2 is 1.86 bits per heavy atom. The number of amides is 1. The van der Waals surface area contributed by atoms with Crippen molar-refractivity contribution in [3.63, 3.8) is 0 Å². The number of esters is 1. The van der Waals surface area contributed by atoms with Crippen molar-refractivity contribution >= 4 is 34.2 Å². The zero-order valence-corrected chi connectivity index (χ0v) is 17.0. The summed E-state index contributed by atoms with van der Waals surface area (Å²) in [5.41, 5.74) is 1.47. The van der Waals surface area contributed by atoms with E-state index in [1.807, 2.05) is 19.1 Å². The Balaban J connectivity index is 1.88. The van der Waals surface area contributed by atoms with E-state index in [1.165, 1.54) is 11.3 Å². The third-order valence-electron chi connectivity index (χ3n) is 5.39. The van der Waals surface area contributed by atoms with E-state index in [4.69, 9.17) is 4.74 Å². The molecule has 1 aromatic rings. The number of thiophene rings is 1. The lowest BCUT2D eigenvalue weighted by Gasteiger charge is -2.24. The molecule has 0 saturated carbocycles. The third-order valence-corrected chi connectivity index (χ3v) is 6.59. The first-order valence-electron chi connectivity index (χ1n) is 10.0. The molecular weight excluding hydrogens is 378 g/mol. The van der Waals surface area contributed by atoms with Gasteiger partial charge in [0.1, 0.15) is 5.00 Å². The first-order chi connectivity index (χ1) is 13.5. The van der Waals surface area contributed by atoms with Crippen LogP contribution in [0.4, 0.5) is 5.00 Å². The van der Waals surface area contributed by atoms with Gasteiger partial charge in [-0.05, 0) is 50.5 Å². The maximum Gasteiger partial charge on any atom is 0.341 e. The molecule has 2 aliphatic carbocycles. The Hall–Kier alpha value is -2.15. The Morgan fingerprint density at radius 1 is 1.14 bits per heavy atom. The third kappa shape index (κ3) is 4.46. The van der Waals surface area contributed by atoms with Crippen LogP contribution in [0.25, 0.3) is 0 Å². The van der Waals surface area contributed by atoms with Crippen molar-refractivity contribution in [2.75, 3.05) is 11.9 Å². The smallest absolute Gasteiger partial charge is 0.341 e. The number of aryl methyl sites for hydroxylation is 1. The molecule has 0 bridgehead atoms. The first-order valence-corrected chi connectivity index (χ1v) is 10.8. The van der Waals surface area contributed by atoms with Gasteiger partial charge in [-0.25, -0.2) is 4.79 Å². The highest BCUT2D eigenvalue weighted by Gasteiger charge is 2.35. The van der Waals surface area contributed by atoms with Gasteiger partial charge in [0.15, 0.2) is 0 Å². The predicted octanol–water partition coefficient (Wildman–Crippen LogP) is 4.19. The summed E-state index contributed by atoms with van der Waals surface area (Å²) in [5.74, 6) is -3.07. The molecule has 0 fully saturated rings. The maximum atomic E-state index is 12.9. The van der Waals surface area contributed by atoms with Crippen LogP contribution in [0.3, 0.4) is 0 Å². The largest absolute Gasteiger partial charge is 0.481 e. The van der Waals surface area contributed by atoms with E-state index in [0.717, 1.165) is 49.0 Å². The number of carbonyl (C=O) groups is 3. The fourth-order valence-corrected chi connectivity index (χ4v) is 5.18. The number of rotatable bonds is 6. The van der Waals surface area contributed by atoms with Crippen LogP contribution >= 0.6 is 11.3 Å². The van der Waals surface area contributed by atoms with E-state index in [-0.39, 0.29) is 5.91 Å². The lowest BCUT2D eigenvalue weighted by Crippen LogP contribution is -2.34. The van der Waals surface area contributed by atoms with Gasteiger partial charge in [-0.15, -0.1) is 11.3 Å². The van der Waals surface area contributed by atoms with Gasteiger partial charge in [-0.3, -0.25) is 9.59 Å². The molecule has 152 valence electrons. The summed E-state index contributed by atoms with van der Waals surface area (Å²) in [6, 6.07) is 0. The molecule has 7 heteroatoms. The molecular formula is C21H27NO5S. The maximum absolute atomic E-state index is 12.9. The molecule has 1 heterocycles. The second kappa shape index (κ2) is 9.37. The van der Waals surface area contributed by atoms with E-state index in [0.29, 0.717) is 30.0 Å². The molecule has 1 aromatic heterocycles. The van der Waals surface area contributed by atoms with Crippen molar-refractivity contribution in [1.82, 2.24) is 0 Å². The van der Waals surface area contributed by atoms with Crippen molar-refractivity contribution in [2.24, 2.45) is 11.8 Å². The predicted molar refractivity (Wildman–Crippen MR) is 108 cm³/mol. The molecule has 2 atom stereocenters. The lowest BCUT2D eigenvalue weighted by molar-refractivity contribution is -0.146. The number of allylic oxidation sites excluding steroid dienone is 2. The molecule has 2 aliphatic rings. The molecule has 0 saturated heterocycles. The van der Waals surface area contributed by atoms with Crippen molar-refractivity contribution in [3.8, 4) is 0 Å². The fourth-order valence-electron chi connectivity index (χ4n) is 3.90. The second-order valence-corrected chi connectivity index (χ2v) is 8.49. The van der Waals surface area contributed by atoms with Crippen LogP contribution in [-0.4, -0.2) is 29.6 Å². The number of aliphatic carboxylic acids is 1. The molecule has 6 nitrogen and oxygen atoms in total. The summed E-state index contributed by atoms with van der Waals surface area (Å²) in [5, 5.41) is 12.8. The van der Waals surface area contributed by atoms with Gasteiger partial charge in [0.25, 0.3) is 0 Å². The standard InChI is InChI=1S/C21H27NO5S/c1-2-12-27-21(26)17-15-10-4-3-5-11-16(15)28-19(17)22-18(23)13-8-6-7-9-14(13)20(24)25/h6-7,13-14H,2-5,8-12H2,1H3,(H,22,23)(H,24,25)/t13-,14-/m1/s1. The zero-order valence-electron chi connectivity index (χ0n) is 16.2. The molecule has 1 amide bonds. The minimum Gasteiger partial charge on any atom is -0.481 e. The van der Waals surface area contributed by atoms with Crippen LogP contribution in [0.5, 0.6) is 0 Å². The van der Waals surface area contributed by atoms with E-state index < -0.39 is 23.8 Å². The minimum absolute atomic E-state index is 0.335. The van der Waals surface area contributed by atoms with E-state index in [1.54, 1.807) is 0 Å². The summed E-state index contributed by atoms with van der Waals surface area (Å²) < 4.78 is 5.38. The number of hydrogen-bond donors (Lipinski definition) is 2. The average molecular weight is 406 g/mol. The SMILES string of the molecule is CCCOC(=O)c1c(NC(=O)[C@@H]2CC=CC[C@H]2C(=O)O)sc2c1CCCCC2. The highest BCUT2D eigenvalue weighted by atomic mass is 32.1. The molecule has 28 heavy (non-hydrogen) atoms. The Morgan fingerprint density at radius 3 is 2.57 bits per heavy atom. The van der Waals surface area contributed by atoms with Gasteiger partial charge in [0.05, 0.1) is 24.0 Å². The van der Waals surface area contributed by atoms with Gasteiger partial charge in [0, 0.05) is 4.88 Å². The molecule has 0 aromatic carbocycles. The molecule has 0 unspecified atom stereocenters. The number of carboxylic acids is 1. The quantitative estimate of drug-likeness (QED) is 0.421. The summed E-state index contributed by atoms with van der Waals surface area (Å²) in [4.78, 5) is 38.3. The van der Waals surface area contributed by atoms with Crippen LogP contribution in [0, 0.1) is 11.8 Å². The number of anilines is 1. The van der Waals surface area contributed by atoms with Crippen LogP contribution < -0.4 is 5.32 Å². The number of carboxylic acid groups (broad SMARTS) is 1. The van der Waals surface area contributed by atoms with Gasteiger partial charge in [-0.1, -0.05) is 25.5 Å². The molecule has 3 rings (SSSR count). The van der Waals surface area contributed by atoms with Crippen LogP contribution in [0.2, 0.25) is 0 Å². The normalized spacial score (nSPS) is 21.5. The van der Waals surface area contributed by atoms with Crippen LogP contribution in [-0.2, 0) is 27.2 Å². The Kier molecular flexibility index (Phi) is 6.88. The van der Waals surface area contributed by atoms with E-state index >= 15 is 0 Å². The van der Waals surface area contributed by atoms with E-state index in [9.17, 15) is 19.5 Å². The highest BCUT2D eigenvalue weighted by Crippen LogP contribution is 2.39. The van der Waals surface area contributed by atoms with E-state index in [2.05, 4.69) is 5.32 Å².